The van der Waals surface area contributed by atoms with Gasteiger partial charge in [0.25, 0.3) is 0 Å². The fourth-order valence-corrected chi connectivity index (χ4v) is 2.30. The third-order valence-corrected chi connectivity index (χ3v) is 3.40. The number of furan rings is 1. The van der Waals surface area contributed by atoms with Crippen molar-refractivity contribution in [2.45, 2.75) is 6.92 Å². The Bertz CT molecular complexity index is 519. The highest BCUT2D eigenvalue weighted by atomic mass is 32.1. The third-order valence-electron chi connectivity index (χ3n) is 2.29. The van der Waals surface area contributed by atoms with Crippen molar-refractivity contribution in [1.29, 1.82) is 0 Å². The zero-order chi connectivity index (χ0) is 13.0. The summed E-state index contributed by atoms with van der Waals surface area (Å²) in [6.07, 6.45) is 1.56. The Balaban J connectivity index is 2.33. The number of Topliss-reactive ketones (excluding diaryl/α,β-unsaturated/α-hetero) is 1. The Labute approximate surface area is 109 Å². The lowest BCUT2D eigenvalue weighted by Gasteiger charge is -1.99. The van der Waals surface area contributed by atoms with Crippen LogP contribution in [0.5, 0.6) is 0 Å². The van der Waals surface area contributed by atoms with E-state index in [4.69, 9.17) is 9.15 Å². The Kier molecular flexibility index (Phi) is 4.11. The molecule has 18 heavy (non-hydrogen) atoms. The van der Waals surface area contributed by atoms with E-state index < -0.39 is 0 Å². The van der Waals surface area contributed by atoms with E-state index in [1.54, 1.807) is 25.4 Å². The van der Waals surface area contributed by atoms with Crippen molar-refractivity contribution in [3.63, 3.8) is 0 Å². The molecule has 5 nitrogen and oxygen atoms in total. The largest absolute Gasteiger partial charge is 0.463 e. The first-order valence-electron chi connectivity index (χ1n) is 5.59. The molecule has 2 heterocycles. The quantitative estimate of drug-likeness (QED) is 0.814. The minimum atomic E-state index is -0.0813. The van der Waals surface area contributed by atoms with E-state index in [1.165, 1.54) is 11.3 Å². The van der Waals surface area contributed by atoms with Crippen LogP contribution in [0.15, 0.2) is 22.8 Å². The summed E-state index contributed by atoms with van der Waals surface area (Å²) in [5, 5.41) is 3.62. The molecule has 2 aromatic heterocycles. The van der Waals surface area contributed by atoms with Crippen molar-refractivity contribution in [2.75, 3.05) is 25.6 Å². The summed E-state index contributed by atoms with van der Waals surface area (Å²) in [4.78, 5) is 16.9. The van der Waals surface area contributed by atoms with Crippen LogP contribution in [0.25, 0.3) is 11.5 Å². The Morgan fingerprint density at radius 2 is 2.44 bits per heavy atom. The molecule has 2 rings (SSSR count). The van der Waals surface area contributed by atoms with Gasteiger partial charge in [0.1, 0.15) is 17.2 Å². The van der Waals surface area contributed by atoms with Gasteiger partial charge in [-0.05, 0) is 19.1 Å². The summed E-state index contributed by atoms with van der Waals surface area (Å²) in [6, 6.07) is 3.55. The SMILES string of the molecule is CCOCC(=O)c1sc(NC)nc1-c1ccco1. The molecule has 0 amide bonds. The molecule has 0 bridgehead atoms. The molecule has 6 heteroatoms. The summed E-state index contributed by atoms with van der Waals surface area (Å²) >= 11 is 1.30. The van der Waals surface area contributed by atoms with Crippen LogP contribution in [-0.4, -0.2) is 31.0 Å². The molecule has 1 N–H and O–H groups in total. The van der Waals surface area contributed by atoms with E-state index in [-0.39, 0.29) is 12.4 Å². The van der Waals surface area contributed by atoms with Crippen molar-refractivity contribution < 1.29 is 13.9 Å². The van der Waals surface area contributed by atoms with Gasteiger partial charge in [-0.3, -0.25) is 4.79 Å². The molecule has 0 aromatic carbocycles. The number of carbonyl (C=O) groups excluding carboxylic acids is 1. The van der Waals surface area contributed by atoms with Crippen LogP contribution in [0.2, 0.25) is 0 Å². The van der Waals surface area contributed by atoms with Crippen LogP contribution >= 0.6 is 11.3 Å². The van der Waals surface area contributed by atoms with Gasteiger partial charge in [-0.2, -0.15) is 0 Å². The van der Waals surface area contributed by atoms with Gasteiger partial charge in [-0.1, -0.05) is 11.3 Å². The second-order valence-corrected chi connectivity index (χ2v) is 4.48. The second-order valence-electron chi connectivity index (χ2n) is 3.48. The number of hydrogen-bond acceptors (Lipinski definition) is 6. The van der Waals surface area contributed by atoms with Gasteiger partial charge in [0.2, 0.25) is 5.78 Å². The van der Waals surface area contributed by atoms with Gasteiger partial charge < -0.3 is 14.5 Å². The lowest BCUT2D eigenvalue weighted by atomic mass is 10.2. The summed E-state index contributed by atoms with van der Waals surface area (Å²) in [7, 11) is 1.77. The lowest BCUT2D eigenvalue weighted by Crippen LogP contribution is -2.08. The molecule has 0 saturated carbocycles. The highest BCUT2D eigenvalue weighted by molar-refractivity contribution is 7.18. The molecular formula is C12H14N2O3S. The maximum absolute atomic E-state index is 12.0. The zero-order valence-corrected chi connectivity index (χ0v) is 11.0. The first-order valence-corrected chi connectivity index (χ1v) is 6.41. The molecule has 0 aliphatic rings. The number of ether oxygens (including phenoxy) is 1. The molecule has 0 fully saturated rings. The average Bonchev–Trinajstić information content (AvgIpc) is 3.03. The third kappa shape index (κ3) is 2.60. The van der Waals surface area contributed by atoms with Gasteiger partial charge >= 0.3 is 0 Å². The minimum absolute atomic E-state index is 0.0650. The van der Waals surface area contributed by atoms with E-state index in [9.17, 15) is 4.79 Å². The first-order chi connectivity index (χ1) is 8.76. The first kappa shape index (κ1) is 12.8. The van der Waals surface area contributed by atoms with Gasteiger partial charge in [-0.15, -0.1) is 0 Å². The van der Waals surface area contributed by atoms with E-state index in [0.717, 1.165) is 0 Å². The number of thiazole rings is 1. The Morgan fingerprint density at radius 3 is 3.06 bits per heavy atom. The van der Waals surface area contributed by atoms with Crippen LogP contribution < -0.4 is 5.32 Å². The number of aromatic nitrogens is 1. The fourth-order valence-electron chi connectivity index (χ4n) is 1.46. The highest BCUT2D eigenvalue weighted by Crippen LogP contribution is 2.31. The number of nitrogens with one attached hydrogen (secondary N) is 1. The van der Waals surface area contributed by atoms with Crippen LogP contribution in [0.1, 0.15) is 16.6 Å². The van der Waals surface area contributed by atoms with Crippen molar-refractivity contribution in [2.24, 2.45) is 0 Å². The highest BCUT2D eigenvalue weighted by Gasteiger charge is 2.20. The van der Waals surface area contributed by atoms with Crippen LogP contribution in [0.4, 0.5) is 5.13 Å². The minimum Gasteiger partial charge on any atom is -0.463 e. The summed E-state index contributed by atoms with van der Waals surface area (Å²) in [6.45, 7) is 2.43. The Hall–Kier alpha value is -1.66. The Morgan fingerprint density at radius 1 is 1.61 bits per heavy atom. The van der Waals surface area contributed by atoms with Crippen LogP contribution in [0.3, 0.4) is 0 Å². The molecule has 0 aliphatic heterocycles. The van der Waals surface area contributed by atoms with Crippen LogP contribution in [0, 0.1) is 0 Å². The summed E-state index contributed by atoms with van der Waals surface area (Å²) < 4.78 is 10.4. The van der Waals surface area contributed by atoms with E-state index >= 15 is 0 Å². The number of carbonyl (C=O) groups is 1. The second kappa shape index (κ2) is 5.79. The van der Waals surface area contributed by atoms with Gasteiger partial charge in [0.15, 0.2) is 10.9 Å². The number of nitrogens with zero attached hydrogens (tertiary/aromatic N) is 1. The van der Waals surface area contributed by atoms with Gasteiger partial charge in [-0.25, -0.2) is 4.98 Å². The zero-order valence-electron chi connectivity index (χ0n) is 10.2. The normalized spacial score (nSPS) is 10.6. The van der Waals surface area contributed by atoms with Crippen molar-refractivity contribution in [1.82, 2.24) is 4.98 Å². The summed E-state index contributed by atoms with van der Waals surface area (Å²) in [5.41, 5.74) is 0.569. The molecule has 0 spiro atoms. The maximum Gasteiger partial charge on any atom is 0.200 e. The predicted molar refractivity (Wildman–Crippen MR) is 70.2 cm³/mol. The molecule has 0 saturated heterocycles. The molecule has 96 valence electrons. The van der Waals surface area contributed by atoms with Crippen LogP contribution in [-0.2, 0) is 4.74 Å². The molecular weight excluding hydrogens is 252 g/mol. The smallest absolute Gasteiger partial charge is 0.200 e. The molecule has 0 unspecified atom stereocenters. The maximum atomic E-state index is 12.0. The van der Waals surface area contributed by atoms with E-state index in [1.807, 2.05) is 6.92 Å². The van der Waals surface area contributed by atoms with Crippen molar-refractivity contribution in [3.8, 4) is 11.5 Å². The van der Waals surface area contributed by atoms with Gasteiger partial charge in [0.05, 0.1) is 6.26 Å². The molecule has 0 aliphatic carbocycles. The molecule has 0 atom stereocenters. The van der Waals surface area contributed by atoms with Crippen molar-refractivity contribution >= 4 is 22.3 Å². The molecule has 2 aromatic rings. The fraction of sp³-hybridized carbons (Fsp3) is 0.333. The number of ketones is 1. The number of rotatable bonds is 6. The van der Waals surface area contributed by atoms with E-state index in [2.05, 4.69) is 10.3 Å². The lowest BCUT2D eigenvalue weighted by molar-refractivity contribution is 0.0787. The van der Waals surface area contributed by atoms with E-state index in [0.29, 0.717) is 28.1 Å². The van der Waals surface area contributed by atoms with Crippen molar-refractivity contribution in [3.05, 3.63) is 23.3 Å². The van der Waals surface area contributed by atoms with Gasteiger partial charge in [0, 0.05) is 13.7 Å². The standard InChI is InChI=1S/C12H14N2O3S/c1-3-16-7-8(15)11-10(9-5-4-6-17-9)14-12(13-2)18-11/h4-6H,3,7H2,1-2H3,(H,13,14). The summed E-state index contributed by atoms with van der Waals surface area (Å²) in [5.74, 6) is 0.509. The average molecular weight is 266 g/mol. The monoisotopic (exact) mass is 266 g/mol. The number of anilines is 1. The predicted octanol–water partition coefficient (Wildman–Crippen LogP) is 2.66. The molecule has 0 radical (unpaired) electrons. The topological polar surface area (TPSA) is 64.4 Å². The number of hydrogen-bond donors (Lipinski definition) is 1.